The number of aliphatic hydroxyl groups excluding tert-OH is 2. The van der Waals surface area contributed by atoms with Gasteiger partial charge in [-0.1, -0.05) is 25.7 Å². The highest BCUT2D eigenvalue weighted by Crippen LogP contribution is 2.13. The van der Waals surface area contributed by atoms with E-state index in [0.29, 0.717) is 24.2 Å². The molecule has 0 unspecified atom stereocenters. The minimum absolute atomic E-state index is 0.172. The van der Waals surface area contributed by atoms with E-state index in [1.165, 1.54) is 0 Å². The third-order valence-corrected chi connectivity index (χ3v) is 4.79. The van der Waals surface area contributed by atoms with E-state index < -0.39 is 0 Å². The summed E-state index contributed by atoms with van der Waals surface area (Å²) in [6, 6.07) is 5.17. The lowest BCUT2D eigenvalue weighted by Crippen LogP contribution is -2.27. The number of rotatable bonds is 14. The van der Waals surface area contributed by atoms with Crippen LogP contribution in [0.1, 0.15) is 72.1 Å². The van der Waals surface area contributed by atoms with Crippen LogP contribution >= 0.6 is 22.6 Å². The largest absolute Gasteiger partial charge is 0.396 e. The van der Waals surface area contributed by atoms with Crippen molar-refractivity contribution >= 4 is 34.4 Å². The fourth-order valence-electron chi connectivity index (χ4n) is 2.64. The summed E-state index contributed by atoms with van der Waals surface area (Å²) in [5, 5.41) is 23.3. The number of unbranched alkanes of at least 4 members (excludes halogenated alkanes) is 6. The normalized spacial score (nSPS) is 10.6. The van der Waals surface area contributed by atoms with Gasteiger partial charge < -0.3 is 20.8 Å². The van der Waals surface area contributed by atoms with Crippen molar-refractivity contribution in [3.05, 3.63) is 32.9 Å². The fraction of sp³-hybridized carbons (Fsp3) is 0.600. The number of benzene rings is 1. The summed E-state index contributed by atoms with van der Waals surface area (Å²) in [4.78, 5) is 24.6. The molecule has 0 aromatic heterocycles. The van der Waals surface area contributed by atoms with E-state index >= 15 is 0 Å². The Balaban J connectivity index is 2.45. The summed E-state index contributed by atoms with van der Waals surface area (Å²) in [6.07, 6.45) is 7.20. The summed E-state index contributed by atoms with van der Waals surface area (Å²) in [6.45, 7) is 1.60. The van der Waals surface area contributed by atoms with Crippen molar-refractivity contribution in [3.8, 4) is 0 Å². The number of aliphatic hydroxyl groups is 2. The summed E-state index contributed by atoms with van der Waals surface area (Å²) in [5.41, 5.74) is 0.982. The van der Waals surface area contributed by atoms with Gasteiger partial charge in [0.05, 0.1) is 0 Å². The number of hydrogen-bond acceptors (Lipinski definition) is 4. The summed E-state index contributed by atoms with van der Waals surface area (Å²) in [7, 11) is 0. The van der Waals surface area contributed by atoms with Crippen molar-refractivity contribution < 1.29 is 19.8 Å². The average Bonchev–Trinajstić information content (AvgIpc) is 2.66. The van der Waals surface area contributed by atoms with Crippen LogP contribution in [0.3, 0.4) is 0 Å². The second-order valence-corrected chi connectivity index (χ2v) is 7.76. The Hall–Kier alpha value is -1.19. The molecule has 6 nitrogen and oxygen atoms in total. The molecular formula is C20H31IN2O4. The topological polar surface area (TPSA) is 98.7 Å². The van der Waals surface area contributed by atoms with Crippen molar-refractivity contribution in [2.75, 3.05) is 26.3 Å². The van der Waals surface area contributed by atoms with Gasteiger partial charge in [0.1, 0.15) is 0 Å². The first-order valence-corrected chi connectivity index (χ1v) is 10.7. The van der Waals surface area contributed by atoms with Crippen molar-refractivity contribution in [2.45, 2.75) is 51.4 Å². The van der Waals surface area contributed by atoms with E-state index in [1.54, 1.807) is 18.2 Å². The average molecular weight is 490 g/mol. The molecule has 152 valence electrons. The fourth-order valence-corrected chi connectivity index (χ4v) is 3.31. The maximum atomic E-state index is 12.3. The Morgan fingerprint density at radius 2 is 1.11 bits per heavy atom. The first kappa shape index (κ1) is 23.8. The third kappa shape index (κ3) is 10.7. The lowest BCUT2D eigenvalue weighted by Gasteiger charge is -2.09. The Labute approximate surface area is 175 Å². The van der Waals surface area contributed by atoms with Gasteiger partial charge in [-0.05, 0) is 66.5 Å². The van der Waals surface area contributed by atoms with Crippen LogP contribution in [0.15, 0.2) is 18.2 Å². The minimum Gasteiger partial charge on any atom is -0.396 e. The van der Waals surface area contributed by atoms with Gasteiger partial charge in [-0.2, -0.15) is 0 Å². The number of carbonyl (C=O) groups excluding carboxylic acids is 2. The van der Waals surface area contributed by atoms with E-state index in [4.69, 9.17) is 10.2 Å². The summed E-state index contributed by atoms with van der Waals surface area (Å²) >= 11 is 2.11. The van der Waals surface area contributed by atoms with E-state index in [-0.39, 0.29) is 25.0 Å². The molecule has 0 bridgehead atoms. The molecule has 1 rings (SSSR count). The Kier molecular flexibility index (Phi) is 13.1. The zero-order valence-corrected chi connectivity index (χ0v) is 18.0. The molecule has 1 aromatic carbocycles. The molecule has 0 heterocycles. The molecule has 0 saturated heterocycles. The van der Waals surface area contributed by atoms with Crippen LogP contribution in [-0.2, 0) is 0 Å². The van der Waals surface area contributed by atoms with Gasteiger partial charge in [0.25, 0.3) is 11.8 Å². The van der Waals surface area contributed by atoms with Crippen LogP contribution in [-0.4, -0.2) is 48.3 Å². The summed E-state index contributed by atoms with van der Waals surface area (Å²) in [5.74, 6) is -0.345. The maximum absolute atomic E-state index is 12.3. The van der Waals surface area contributed by atoms with Gasteiger partial charge in [-0.15, -0.1) is 0 Å². The van der Waals surface area contributed by atoms with Crippen molar-refractivity contribution in [1.82, 2.24) is 10.6 Å². The van der Waals surface area contributed by atoms with E-state index in [1.807, 2.05) is 0 Å². The standard InChI is InChI=1S/C20H31IN2O4/c21-18-14-16(19(26)22-9-5-1-3-7-11-24)13-17(15-18)20(27)23-10-6-2-4-8-12-25/h13-15,24-25H,1-12H2,(H,22,26)(H,23,27). The second-order valence-electron chi connectivity index (χ2n) is 6.52. The van der Waals surface area contributed by atoms with Crippen LogP contribution in [0, 0.1) is 3.57 Å². The van der Waals surface area contributed by atoms with Crippen molar-refractivity contribution in [3.63, 3.8) is 0 Å². The molecule has 0 aliphatic carbocycles. The highest BCUT2D eigenvalue weighted by Gasteiger charge is 2.12. The van der Waals surface area contributed by atoms with Gasteiger partial charge in [0.15, 0.2) is 0 Å². The molecule has 0 radical (unpaired) electrons. The smallest absolute Gasteiger partial charge is 0.251 e. The van der Waals surface area contributed by atoms with Crippen molar-refractivity contribution in [2.24, 2.45) is 0 Å². The Morgan fingerprint density at radius 1 is 0.704 bits per heavy atom. The van der Waals surface area contributed by atoms with Crippen molar-refractivity contribution in [1.29, 1.82) is 0 Å². The quantitative estimate of drug-likeness (QED) is 0.238. The molecule has 4 N–H and O–H groups in total. The minimum atomic E-state index is -0.172. The number of amides is 2. The van der Waals surface area contributed by atoms with Crippen LogP contribution in [0.2, 0.25) is 0 Å². The Morgan fingerprint density at radius 3 is 1.52 bits per heavy atom. The first-order valence-electron chi connectivity index (χ1n) is 9.67. The number of carbonyl (C=O) groups is 2. The molecule has 27 heavy (non-hydrogen) atoms. The lowest BCUT2D eigenvalue weighted by atomic mass is 10.1. The predicted molar refractivity (Wildman–Crippen MR) is 115 cm³/mol. The zero-order chi connectivity index (χ0) is 19.9. The number of nitrogens with one attached hydrogen (secondary N) is 2. The van der Waals surface area contributed by atoms with E-state index in [9.17, 15) is 9.59 Å². The van der Waals surface area contributed by atoms with E-state index in [0.717, 1.165) is 54.9 Å². The second kappa shape index (κ2) is 14.8. The maximum Gasteiger partial charge on any atom is 0.251 e. The van der Waals surface area contributed by atoms with Crippen LogP contribution in [0.5, 0.6) is 0 Å². The lowest BCUT2D eigenvalue weighted by molar-refractivity contribution is 0.0952. The molecule has 0 atom stereocenters. The zero-order valence-electron chi connectivity index (χ0n) is 15.8. The highest BCUT2D eigenvalue weighted by atomic mass is 127. The Bertz CT molecular complexity index is 535. The number of halogens is 1. The van der Waals surface area contributed by atoms with Gasteiger partial charge in [0, 0.05) is 41.0 Å². The summed E-state index contributed by atoms with van der Waals surface area (Å²) < 4.78 is 0.844. The van der Waals surface area contributed by atoms with Gasteiger partial charge >= 0.3 is 0 Å². The van der Waals surface area contributed by atoms with Gasteiger partial charge in [-0.3, -0.25) is 9.59 Å². The monoisotopic (exact) mass is 490 g/mol. The molecule has 0 saturated carbocycles. The molecule has 0 spiro atoms. The first-order chi connectivity index (χ1) is 13.1. The molecule has 7 heteroatoms. The molecule has 1 aromatic rings. The molecule has 0 aliphatic heterocycles. The molecule has 2 amide bonds. The number of hydrogen-bond donors (Lipinski definition) is 4. The van der Waals surface area contributed by atoms with E-state index in [2.05, 4.69) is 33.2 Å². The SMILES string of the molecule is O=C(NCCCCCCO)c1cc(I)cc(C(=O)NCCCCCCO)c1. The molecular weight excluding hydrogens is 459 g/mol. The van der Waals surface area contributed by atoms with Crippen LogP contribution < -0.4 is 10.6 Å². The van der Waals surface area contributed by atoms with Gasteiger partial charge in [0.2, 0.25) is 0 Å². The van der Waals surface area contributed by atoms with Crippen LogP contribution in [0.25, 0.3) is 0 Å². The molecule has 0 fully saturated rings. The predicted octanol–water partition coefficient (Wildman–Crippen LogP) is 2.86. The third-order valence-electron chi connectivity index (χ3n) is 4.16. The van der Waals surface area contributed by atoms with Gasteiger partial charge in [-0.25, -0.2) is 0 Å². The van der Waals surface area contributed by atoms with Crippen LogP contribution in [0.4, 0.5) is 0 Å². The molecule has 0 aliphatic rings. The highest BCUT2D eigenvalue weighted by molar-refractivity contribution is 14.1.